The van der Waals surface area contributed by atoms with Crippen molar-refractivity contribution in [2.24, 2.45) is 0 Å². The molecule has 0 aliphatic rings. The summed E-state index contributed by atoms with van der Waals surface area (Å²) in [7, 11) is 0. The largest absolute Gasteiger partial charge is 0.317 e. The summed E-state index contributed by atoms with van der Waals surface area (Å²) in [6.45, 7) is 12.8. The normalized spacial score (nSPS) is 7.64. The molecule has 0 aromatic carbocycles. The zero-order chi connectivity index (χ0) is 8.24. The Labute approximate surface area is 76.2 Å². The van der Waals surface area contributed by atoms with Gasteiger partial charge in [-0.25, -0.2) is 0 Å². The third-order valence-electron chi connectivity index (χ3n) is 1.000. The summed E-state index contributed by atoms with van der Waals surface area (Å²) in [5, 5.41) is 6.22. The first-order chi connectivity index (χ1) is 4.83. The van der Waals surface area contributed by atoms with Crippen LogP contribution in [-0.4, -0.2) is 37.1 Å². The minimum absolute atomic E-state index is 0. The molecule has 2 N–H and O–H groups in total. The van der Waals surface area contributed by atoms with Gasteiger partial charge in [-0.2, -0.15) is 0 Å². The van der Waals surface area contributed by atoms with Crippen LogP contribution in [0.5, 0.6) is 0 Å². The molecule has 0 aromatic heterocycles. The van der Waals surface area contributed by atoms with Crippen molar-refractivity contribution < 1.29 is 0 Å². The highest BCUT2D eigenvalue weighted by molar-refractivity contribution is 5.75. The van der Waals surface area contributed by atoms with Crippen LogP contribution in [0.2, 0.25) is 0 Å². The Morgan fingerprint density at radius 2 is 0.818 bits per heavy atom. The predicted octanol–water partition coefficient (Wildman–Crippen LogP) is -0.220. The Hall–Kier alpha value is 0.137. The lowest BCUT2D eigenvalue weighted by molar-refractivity contribution is 0.762. The number of nitrogens with one attached hydrogen (secondary N) is 2. The molecule has 0 heterocycles. The SMILES string of the molecule is CCNCC.CCNCC.[SiH4]. The standard InChI is InChI=1S/2C4H11N.H4Si/c2*1-3-5-4-2;/h2*5H,3-4H2,1-2H3;1H4. The Bertz CT molecular complexity index is 33.1. The first-order valence-corrected chi connectivity index (χ1v) is 4.24. The van der Waals surface area contributed by atoms with Crippen molar-refractivity contribution >= 4 is 11.0 Å². The quantitative estimate of drug-likeness (QED) is 0.582. The molecule has 2 nitrogen and oxygen atoms in total. The second kappa shape index (κ2) is 22.5. The fraction of sp³-hybridized carbons (Fsp3) is 1.00. The lowest BCUT2D eigenvalue weighted by atomic mass is 10.7. The van der Waals surface area contributed by atoms with Crippen molar-refractivity contribution in [2.45, 2.75) is 27.7 Å². The van der Waals surface area contributed by atoms with Crippen LogP contribution in [0.3, 0.4) is 0 Å². The van der Waals surface area contributed by atoms with Gasteiger partial charge in [-0.15, -0.1) is 0 Å². The van der Waals surface area contributed by atoms with Crippen molar-refractivity contribution in [1.82, 2.24) is 10.6 Å². The highest BCUT2D eigenvalue weighted by Crippen LogP contribution is 1.48. The molecule has 0 fully saturated rings. The van der Waals surface area contributed by atoms with E-state index < -0.39 is 0 Å². The predicted molar refractivity (Wildman–Crippen MR) is 59.8 cm³/mol. The average molecular weight is 178 g/mol. The molecule has 3 heteroatoms. The molecule has 0 aromatic rings. The van der Waals surface area contributed by atoms with E-state index in [-0.39, 0.29) is 11.0 Å². The molecule has 0 atom stereocenters. The second-order valence-corrected chi connectivity index (χ2v) is 1.91. The minimum atomic E-state index is 0. The molecule has 0 aliphatic heterocycles. The van der Waals surface area contributed by atoms with E-state index in [0.717, 1.165) is 26.2 Å². The van der Waals surface area contributed by atoms with E-state index in [1.807, 2.05) is 0 Å². The van der Waals surface area contributed by atoms with Gasteiger partial charge in [0.2, 0.25) is 0 Å². The van der Waals surface area contributed by atoms with Crippen LogP contribution in [0.15, 0.2) is 0 Å². The second-order valence-electron chi connectivity index (χ2n) is 1.91. The molecule has 0 rings (SSSR count). The first kappa shape index (κ1) is 17.3. The Morgan fingerprint density at radius 3 is 0.818 bits per heavy atom. The molecule has 0 spiro atoms. The molecule has 0 aliphatic carbocycles. The van der Waals surface area contributed by atoms with Crippen molar-refractivity contribution in [2.75, 3.05) is 26.2 Å². The highest BCUT2D eigenvalue weighted by atomic mass is 28.1. The lowest BCUT2D eigenvalue weighted by Gasteiger charge is -1.86. The van der Waals surface area contributed by atoms with Crippen molar-refractivity contribution in [3.8, 4) is 0 Å². The van der Waals surface area contributed by atoms with Gasteiger partial charge in [-0.05, 0) is 37.1 Å². The van der Waals surface area contributed by atoms with Crippen molar-refractivity contribution in [3.63, 3.8) is 0 Å². The van der Waals surface area contributed by atoms with Crippen LogP contribution in [0.1, 0.15) is 27.7 Å². The fourth-order valence-electron chi connectivity index (χ4n) is 0.500. The Kier molecular flexibility index (Phi) is 35.3. The minimum Gasteiger partial charge on any atom is -0.317 e. The van der Waals surface area contributed by atoms with Crippen molar-refractivity contribution in [1.29, 1.82) is 0 Å². The number of hydrogen-bond acceptors (Lipinski definition) is 2. The fourth-order valence-corrected chi connectivity index (χ4v) is 0.500. The monoisotopic (exact) mass is 178 g/mol. The molecule has 0 saturated carbocycles. The van der Waals surface area contributed by atoms with Gasteiger partial charge in [-0.3, -0.25) is 0 Å². The van der Waals surface area contributed by atoms with Gasteiger partial charge in [0, 0.05) is 0 Å². The molecular formula is C8H26N2Si. The Morgan fingerprint density at radius 1 is 0.636 bits per heavy atom. The van der Waals surface area contributed by atoms with Gasteiger partial charge in [0.05, 0.1) is 0 Å². The van der Waals surface area contributed by atoms with Gasteiger partial charge in [0.15, 0.2) is 0 Å². The van der Waals surface area contributed by atoms with E-state index >= 15 is 0 Å². The van der Waals surface area contributed by atoms with Gasteiger partial charge in [-0.1, -0.05) is 27.7 Å². The van der Waals surface area contributed by atoms with E-state index in [1.165, 1.54) is 0 Å². The lowest BCUT2D eigenvalue weighted by Crippen LogP contribution is -2.09. The van der Waals surface area contributed by atoms with Gasteiger partial charge < -0.3 is 10.6 Å². The van der Waals surface area contributed by atoms with E-state index in [9.17, 15) is 0 Å². The summed E-state index contributed by atoms with van der Waals surface area (Å²) in [6, 6.07) is 0. The van der Waals surface area contributed by atoms with Gasteiger partial charge in [0.1, 0.15) is 0 Å². The Balaban J connectivity index is -0.000000107. The summed E-state index contributed by atoms with van der Waals surface area (Å²) >= 11 is 0. The topological polar surface area (TPSA) is 24.1 Å². The van der Waals surface area contributed by atoms with Gasteiger partial charge >= 0.3 is 0 Å². The molecule has 72 valence electrons. The molecule has 0 unspecified atom stereocenters. The highest BCUT2D eigenvalue weighted by Gasteiger charge is 1.63. The average Bonchev–Trinajstić information content (AvgIpc) is 1.93. The molecule has 0 radical (unpaired) electrons. The summed E-state index contributed by atoms with van der Waals surface area (Å²) in [6.07, 6.45) is 0. The maximum Gasteiger partial charge on any atom is -0.00775 e. The van der Waals surface area contributed by atoms with Crippen molar-refractivity contribution in [3.05, 3.63) is 0 Å². The van der Waals surface area contributed by atoms with Crippen LogP contribution in [0.4, 0.5) is 0 Å². The molecular weight excluding hydrogens is 152 g/mol. The third kappa shape index (κ3) is 39.2. The third-order valence-corrected chi connectivity index (χ3v) is 1.000. The zero-order valence-corrected chi connectivity index (χ0v) is 7.83. The van der Waals surface area contributed by atoms with E-state index in [0.29, 0.717) is 0 Å². The van der Waals surface area contributed by atoms with Gasteiger partial charge in [0.25, 0.3) is 0 Å². The molecule has 11 heavy (non-hydrogen) atoms. The molecule has 0 saturated heterocycles. The summed E-state index contributed by atoms with van der Waals surface area (Å²) < 4.78 is 0. The number of hydrogen-bond donors (Lipinski definition) is 2. The summed E-state index contributed by atoms with van der Waals surface area (Å²) in [4.78, 5) is 0. The summed E-state index contributed by atoms with van der Waals surface area (Å²) in [5.41, 5.74) is 0. The maximum atomic E-state index is 3.11. The van der Waals surface area contributed by atoms with Crippen LogP contribution in [-0.2, 0) is 0 Å². The first-order valence-electron chi connectivity index (χ1n) is 4.24. The smallest absolute Gasteiger partial charge is 0.00775 e. The maximum absolute atomic E-state index is 3.11. The number of rotatable bonds is 4. The van der Waals surface area contributed by atoms with Crippen LogP contribution < -0.4 is 10.6 Å². The van der Waals surface area contributed by atoms with Crippen LogP contribution in [0, 0.1) is 0 Å². The van der Waals surface area contributed by atoms with E-state index in [1.54, 1.807) is 0 Å². The zero-order valence-electron chi connectivity index (χ0n) is 7.83. The van der Waals surface area contributed by atoms with Crippen LogP contribution in [0.25, 0.3) is 0 Å². The summed E-state index contributed by atoms with van der Waals surface area (Å²) in [5.74, 6) is 0. The molecule has 0 bridgehead atoms. The van der Waals surface area contributed by atoms with E-state index in [2.05, 4.69) is 38.3 Å². The van der Waals surface area contributed by atoms with Crippen LogP contribution >= 0.6 is 0 Å². The molecule has 0 amide bonds. The van der Waals surface area contributed by atoms with E-state index in [4.69, 9.17) is 0 Å².